The highest BCUT2D eigenvalue weighted by Gasteiger charge is 2.30. The third kappa shape index (κ3) is 5.41. The van der Waals surface area contributed by atoms with E-state index < -0.39 is 23.7 Å². The number of nitrogens with one attached hydrogen (secondary N) is 1. The normalized spacial score (nSPS) is 11.0. The molecule has 0 atom stereocenters. The van der Waals surface area contributed by atoms with Crippen LogP contribution < -0.4 is 14.8 Å². The van der Waals surface area contributed by atoms with E-state index >= 15 is 0 Å². The number of benzene rings is 2. The molecule has 0 bridgehead atoms. The minimum absolute atomic E-state index is 0.000791. The molecule has 0 radical (unpaired) electrons. The molecule has 0 unspecified atom stereocenters. The average Bonchev–Trinajstić information content (AvgIpc) is 2.68. The van der Waals surface area contributed by atoms with Crippen molar-refractivity contribution >= 4 is 11.8 Å². The van der Waals surface area contributed by atoms with Crippen molar-refractivity contribution in [3.63, 3.8) is 0 Å². The number of ether oxygens (including phenoxy) is 2. The van der Waals surface area contributed by atoms with Gasteiger partial charge in [-0.15, -0.1) is 0 Å². The number of carbonyl (C=O) groups is 1. The van der Waals surface area contributed by atoms with E-state index in [1.807, 2.05) is 0 Å². The molecule has 0 fully saturated rings. The number of hydrogen-bond acceptors (Lipinski definition) is 5. The molecule has 0 saturated heterocycles. The van der Waals surface area contributed by atoms with E-state index in [1.165, 1.54) is 42.9 Å². The summed E-state index contributed by atoms with van der Waals surface area (Å²) in [5.74, 6) is -0.829. The van der Waals surface area contributed by atoms with E-state index in [-0.39, 0.29) is 29.5 Å². The first-order valence-electron chi connectivity index (χ1n) is 8.15. The lowest BCUT2D eigenvalue weighted by Crippen LogP contribution is -2.19. The zero-order valence-corrected chi connectivity index (χ0v) is 14.6. The first-order valence-corrected chi connectivity index (χ1v) is 8.15. The predicted molar refractivity (Wildman–Crippen MR) is 93.9 cm³/mol. The first kappa shape index (κ1) is 20.1. The van der Waals surface area contributed by atoms with Crippen molar-refractivity contribution in [2.45, 2.75) is 12.8 Å². The van der Waals surface area contributed by atoms with Crippen molar-refractivity contribution in [2.75, 3.05) is 5.32 Å². The topological polar surface area (TPSA) is 73.3 Å². The summed E-state index contributed by atoms with van der Waals surface area (Å²) in [4.78, 5) is 19.8. The second-order valence-corrected chi connectivity index (χ2v) is 5.64. The maximum Gasteiger partial charge on any atom is 0.417 e. The average molecular weight is 407 g/mol. The molecule has 0 aliphatic rings. The lowest BCUT2D eigenvalue weighted by Gasteiger charge is -2.13. The zero-order chi connectivity index (χ0) is 20.9. The summed E-state index contributed by atoms with van der Waals surface area (Å²) < 4.78 is 62.7. The van der Waals surface area contributed by atoms with Crippen LogP contribution in [-0.4, -0.2) is 16.1 Å². The van der Waals surface area contributed by atoms with Crippen LogP contribution in [-0.2, 0) is 12.8 Å². The highest BCUT2D eigenvalue weighted by Crippen LogP contribution is 2.31. The number of hydrogen-bond donors (Lipinski definition) is 1. The fourth-order valence-electron chi connectivity index (χ4n) is 2.31. The summed E-state index contributed by atoms with van der Waals surface area (Å²) in [5, 5.41) is 2.30. The van der Waals surface area contributed by atoms with E-state index in [1.54, 1.807) is 0 Å². The molecule has 3 rings (SSSR count). The number of rotatable bonds is 5. The Morgan fingerprint density at radius 2 is 1.90 bits per heavy atom. The number of halogens is 4. The van der Waals surface area contributed by atoms with Gasteiger partial charge in [-0.1, -0.05) is 12.1 Å². The van der Waals surface area contributed by atoms with Crippen LogP contribution in [0.25, 0.3) is 0 Å². The Kier molecular flexibility index (Phi) is 5.91. The minimum atomic E-state index is -4.58. The number of amides is 1. The van der Waals surface area contributed by atoms with Crippen molar-refractivity contribution in [1.29, 1.82) is 0 Å². The van der Waals surface area contributed by atoms with E-state index in [0.29, 0.717) is 6.07 Å². The second kappa shape index (κ2) is 8.55. The zero-order valence-electron chi connectivity index (χ0n) is 14.6. The third-order valence-electron chi connectivity index (χ3n) is 3.63. The fourth-order valence-corrected chi connectivity index (χ4v) is 2.31. The predicted octanol–water partition coefficient (Wildman–Crippen LogP) is 4.82. The molecule has 150 valence electrons. The van der Waals surface area contributed by atoms with Gasteiger partial charge < -0.3 is 9.47 Å². The molecule has 0 aliphatic carbocycles. The summed E-state index contributed by atoms with van der Waals surface area (Å²) in [6, 6.07) is 7.74. The lowest BCUT2D eigenvalue weighted by atomic mass is 10.2. The van der Waals surface area contributed by atoms with Crippen molar-refractivity contribution in [3.05, 3.63) is 78.0 Å². The summed E-state index contributed by atoms with van der Waals surface area (Å²) in [7, 11) is 0. The molecule has 0 aliphatic heterocycles. The lowest BCUT2D eigenvalue weighted by molar-refractivity contribution is -0.137. The van der Waals surface area contributed by atoms with E-state index in [4.69, 9.17) is 9.47 Å². The molecule has 1 aromatic heterocycles. The summed E-state index contributed by atoms with van der Waals surface area (Å²) >= 11 is 0. The van der Waals surface area contributed by atoms with Crippen LogP contribution in [0.1, 0.15) is 11.1 Å². The SMILES string of the molecule is O=C(Nc1cccc(F)c1COc1cnccn1)Oc1cccc(C(F)(F)F)c1. The molecule has 1 amide bonds. The minimum Gasteiger partial charge on any atom is -0.472 e. The standard InChI is InChI=1S/C19H13F4N3O3/c20-15-5-2-6-16(14(15)11-28-17-10-24-7-8-25-17)26-18(27)29-13-4-1-3-12(9-13)19(21,22)23/h1-10H,11H2,(H,26,27). The Bertz CT molecular complexity index is 997. The van der Waals surface area contributed by atoms with Gasteiger partial charge in [-0.25, -0.2) is 14.2 Å². The van der Waals surface area contributed by atoms with Gasteiger partial charge in [0.1, 0.15) is 18.2 Å². The van der Waals surface area contributed by atoms with Crippen molar-refractivity contribution in [1.82, 2.24) is 9.97 Å². The van der Waals surface area contributed by atoms with Crippen LogP contribution in [0.15, 0.2) is 61.1 Å². The van der Waals surface area contributed by atoms with Gasteiger partial charge in [-0.3, -0.25) is 10.3 Å². The van der Waals surface area contributed by atoms with E-state index in [2.05, 4.69) is 15.3 Å². The smallest absolute Gasteiger partial charge is 0.417 e. The third-order valence-corrected chi connectivity index (χ3v) is 3.63. The molecule has 3 aromatic rings. The Morgan fingerprint density at radius 3 is 2.62 bits per heavy atom. The second-order valence-electron chi connectivity index (χ2n) is 5.64. The van der Waals surface area contributed by atoms with E-state index in [9.17, 15) is 22.4 Å². The van der Waals surface area contributed by atoms with Crippen LogP contribution >= 0.6 is 0 Å². The Labute approximate surface area is 162 Å². The fraction of sp³-hybridized carbons (Fsp3) is 0.105. The van der Waals surface area contributed by atoms with Gasteiger partial charge in [-0.05, 0) is 30.3 Å². The Hall–Kier alpha value is -3.69. The maximum absolute atomic E-state index is 14.2. The van der Waals surface area contributed by atoms with Crippen LogP contribution in [0.2, 0.25) is 0 Å². The number of alkyl halides is 3. The highest BCUT2D eigenvalue weighted by atomic mass is 19.4. The Balaban J connectivity index is 1.71. The molecular weight excluding hydrogens is 394 g/mol. The van der Waals surface area contributed by atoms with Gasteiger partial charge in [-0.2, -0.15) is 13.2 Å². The van der Waals surface area contributed by atoms with E-state index in [0.717, 1.165) is 12.1 Å². The first-order chi connectivity index (χ1) is 13.8. The monoisotopic (exact) mass is 407 g/mol. The number of anilines is 1. The van der Waals surface area contributed by atoms with Gasteiger partial charge in [0.2, 0.25) is 5.88 Å². The Morgan fingerprint density at radius 1 is 1.10 bits per heavy atom. The van der Waals surface area contributed by atoms with Crippen molar-refractivity contribution < 1.29 is 31.8 Å². The van der Waals surface area contributed by atoms with Gasteiger partial charge in [0, 0.05) is 18.0 Å². The molecule has 0 saturated carbocycles. The molecule has 29 heavy (non-hydrogen) atoms. The molecular formula is C19H13F4N3O3. The van der Waals surface area contributed by atoms with Crippen molar-refractivity contribution in [3.8, 4) is 11.6 Å². The van der Waals surface area contributed by atoms with Crippen LogP contribution in [0.5, 0.6) is 11.6 Å². The quantitative estimate of drug-likeness (QED) is 0.614. The number of carbonyl (C=O) groups excluding carboxylic acids is 1. The van der Waals surface area contributed by atoms with Gasteiger partial charge in [0.25, 0.3) is 0 Å². The van der Waals surface area contributed by atoms with Crippen molar-refractivity contribution in [2.24, 2.45) is 0 Å². The van der Waals surface area contributed by atoms with Gasteiger partial charge >= 0.3 is 12.3 Å². The van der Waals surface area contributed by atoms with Gasteiger partial charge in [0.15, 0.2) is 0 Å². The molecule has 1 heterocycles. The highest BCUT2D eigenvalue weighted by molar-refractivity contribution is 5.87. The summed E-state index contributed by atoms with van der Waals surface area (Å²) in [6.45, 7) is -0.273. The maximum atomic E-state index is 14.2. The van der Waals surface area contributed by atoms with Gasteiger partial charge in [0.05, 0.1) is 17.4 Å². The molecule has 6 nitrogen and oxygen atoms in total. The summed E-state index contributed by atoms with van der Waals surface area (Å²) in [5.41, 5.74) is -0.934. The van der Waals surface area contributed by atoms with Crippen LogP contribution in [0.3, 0.4) is 0 Å². The summed E-state index contributed by atoms with van der Waals surface area (Å²) in [6.07, 6.45) is -1.51. The van der Waals surface area contributed by atoms with Crippen LogP contribution in [0.4, 0.5) is 28.0 Å². The van der Waals surface area contributed by atoms with Crippen LogP contribution in [0, 0.1) is 5.82 Å². The number of aromatic nitrogens is 2. The molecule has 2 aromatic carbocycles. The molecule has 1 N–H and O–H groups in total. The largest absolute Gasteiger partial charge is 0.472 e. The number of nitrogens with zero attached hydrogens (tertiary/aromatic N) is 2. The molecule has 10 heteroatoms. The molecule has 0 spiro atoms.